The van der Waals surface area contributed by atoms with E-state index in [1.165, 1.54) is 10.9 Å². The van der Waals surface area contributed by atoms with Gasteiger partial charge in [-0.15, -0.1) is 0 Å². The van der Waals surface area contributed by atoms with E-state index in [0.29, 0.717) is 24.4 Å². The van der Waals surface area contributed by atoms with E-state index in [1.54, 1.807) is 30.6 Å². The van der Waals surface area contributed by atoms with E-state index in [-0.39, 0.29) is 29.4 Å². The third kappa shape index (κ3) is 4.20. The van der Waals surface area contributed by atoms with Gasteiger partial charge in [0, 0.05) is 18.5 Å². The van der Waals surface area contributed by atoms with E-state index in [1.807, 2.05) is 30.0 Å². The molecule has 2 aromatic carbocycles. The van der Waals surface area contributed by atoms with Crippen molar-refractivity contribution in [2.45, 2.75) is 32.7 Å². The molecule has 0 radical (unpaired) electrons. The lowest BCUT2D eigenvalue weighted by Gasteiger charge is -2.38. The van der Waals surface area contributed by atoms with Gasteiger partial charge in [-0.1, -0.05) is 23.8 Å². The topological polar surface area (TPSA) is 60.2 Å². The number of nitrogens with zero attached hydrogens (tertiary/aromatic N) is 4. The van der Waals surface area contributed by atoms with E-state index < -0.39 is 0 Å². The second-order valence-corrected chi connectivity index (χ2v) is 7.83. The molecule has 0 saturated carbocycles. The number of para-hydroxylation sites is 1. The first kappa shape index (κ1) is 20.1. The highest BCUT2D eigenvalue weighted by Gasteiger charge is 2.31. The molecular formula is C23H25FN4O2. The van der Waals surface area contributed by atoms with E-state index in [2.05, 4.69) is 17.1 Å². The number of carbonyl (C=O) groups excluding carboxylic acids is 1. The first-order valence-corrected chi connectivity index (χ1v) is 10.2. The summed E-state index contributed by atoms with van der Waals surface area (Å²) in [7, 11) is 0. The monoisotopic (exact) mass is 408 g/mol. The van der Waals surface area contributed by atoms with Crippen LogP contribution in [0.1, 0.15) is 35.7 Å². The van der Waals surface area contributed by atoms with Gasteiger partial charge in [0.05, 0.1) is 30.3 Å². The standard InChI is InChI=1S/C23H25FN4O2/c1-16-7-10-21(28-25-11-12-26-28)19(13-16)23(29)27-14-18(9-8-17(27)2)15-30-22-6-4-3-5-20(22)24/h3-7,10-13,17-18H,8-9,14-15H2,1-2H3. The lowest BCUT2D eigenvalue weighted by molar-refractivity contribution is 0.0502. The van der Waals surface area contributed by atoms with E-state index in [9.17, 15) is 9.18 Å². The lowest BCUT2D eigenvalue weighted by atomic mass is 9.93. The first-order chi connectivity index (χ1) is 14.5. The predicted molar refractivity (Wildman–Crippen MR) is 111 cm³/mol. The Balaban J connectivity index is 1.52. The van der Waals surface area contributed by atoms with Crippen LogP contribution < -0.4 is 4.74 Å². The molecule has 4 rings (SSSR count). The second-order valence-electron chi connectivity index (χ2n) is 7.83. The molecule has 30 heavy (non-hydrogen) atoms. The number of benzene rings is 2. The highest BCUT2D eigenvalue weighted by molar-refractivity contribution is 5.98. The van der Waals surface area contributed by atoms with Gasteiger partial charge >= 0.3 is 0 Å². The number of ether oxygens (including phenoxy) is 1. The molecule has 156 valence electrons. The van der Waals surface area contributed by atoms with Gasteiger partial charge in [-0.25, -0.2) is 4.39 Å². The van der Waals surface area contributed by atoms with Crippen molar-refractivity contribution in [3.63, 3.8) is 0 Å². The summed E-state index contributed by atoms with van der Waals surface area (Å²) in [5.41, 5.74) is 2.24. The minimum Gasteiger partial charge on any atom is -0.490 e. The Kier molecular flexibility index (Phi) is 5.79. The molecule has 3 aromatic rings. The van der Waals surface area contributed by atoms with Crippen LogP contribution in [0.4, 0.5) is 4.39 Å². The van der Waals surface area contributed by atoms with E-state index >= 15 is 0 Å². The molecule has 1 saturated heterocycles. The molecule has 1 amide bonds. The normalized spacial score (nSPS) is 19.0. The Morgan fingerprint density at radius 1 is 1.17 bits per heavy atom. The Labute approximate surface area is 175 Å². The van der Waals surface area contributed by atoms with Crippen LogP contribution in [0.25, 0.3) is 5.69 Å². The highest BCUT2D eigenvalue weighted by atomic mass is 19.1. The van der Waals surface area contributed by atoms with Gasteiger partial charge < -0.3 is 9.64 Å². The quantitative estimate of drug-likeness (QED) is 0.639. The third-order valence-electron chi connectivity index (χ3n) is 5.57. The molecule has 0 aliphatic carbocycles. The molecule has 1 aliphatic rings. The van der Waals surface area contributed by atoms with Crippen LogP contribution in [0, 0.1) is 18.7 Å². The smallest absolute Gasteiger partial charge is 0.256 e. The summed E-state index contributed by atoms with van der Waals surface area (Å²) >= 11 is 0. The van der Waals surface area contributed by atoms with Gasteiger partial charge in [0.2, 0.25) is 0 Å². The van der Waals surface area contributed by atoms with Gasteiger partial charge in [0.1, 0.15) is 0 Å². The molecule has 7 heteroatoms. The van der Waals surface area contributed by atoms with Gasteiger partial charge in [0.15, 0.2) is 11.6 Å². The number of hydrogen-bond acceptors (Lipinski definition) is 4. The largest absolute Gasteiger partial charge is 0.490 e. The van der Waals surface area contributed by atoms with Gasteiger partial charge in [-0.2, -0.15) is 15.0 Å². The Hall–Kier alpha value is -3.22. The van der Waals surface area contributed by atoms with Crippen molar-refractivity contribution in [3.8, 4) is 11.4 Å². The number of amides is 1. The number of rotatable bonds is 5. The van der Waals surface area contributed by atoms with Crippen molar-refractivity contribution in [2.75, 3.05) is 13.2 Å². The Morgan fingerprint density at radius 2 is 1.93 bits per heavy atom. The van der Waals surface area contributed by atoms with Gasteiger partial charge in [0.25, 0.3) is 5.91 Å². The van der Waals surface area contributed by atoms with Crippen molar-refractivity contribution in [1.29, 1.82) is 0 Å². The van der Waals surface area contributed by atoms with Gasteiger partial charge in [-0.3, -0.25) is 4.79 Å². The number of aromatic nitrogens is 3. The molecule has 6 nitrogen and oxygen atoms in total. The molecule has 1 aromatic heterocycles. The number of halogens is 1. The summed E-state index contributed by atoms with van der Waals surface area (Å²) < 4.78 is 19.6. The first-order valence-electron chi connectivity index (χ1n) is 10.2. The molecule has 1 aliphatic heterocycles. The maximum Gasteiger partial charge on any atom is 0.256 e. The Bertz CT molecular complexity index is 1020. The van der Waals surface area contributed by atoms with Crippen LogP contribution >= 0.6 is 0 Å². The maximum atomic E-state index is 13.8. The summed E-state index contributed by atoms with van der Waals surface area (Å²) in [6.07, 6.45) is 4.99. The van der Waals surface area contributed by atoms with Crippen molar-refractivity contribution < 1.29 is 13.9 Å². The van der Waals surface area contributed by atoms with Crippen LogP contribution in [0.2, 0.25) is 0 Å². The van der Waals surface area contributed by atoms with Crippen LogP contribution in [-0.4, -0.2) is 45.0 Å². The summed E-state index contributed by atoms with van der Waals surface area (Å²) in [4.78, 5) is 16.9. The summed E-state index contributed by atoms with van der Waals surface area (Å²) in [5.74, 6) is -0.0274. The number of piperidine rings is 1. The summed E-state index contributed by atoms with van der Waals surface area (Å²) in [6, 6.07) is 12.2. The van der Waals surface area contributed by atoms with Gasteiger partial charge in [-0.05, 0) is 51.0 Å². The molecule has 0 spiro atoms. The number of aryl methyl sites for hydroxylation is 1. The van der Waals surface area contributed by atoms with E-state index in [4.69, 9.17) is 4.74 Å². The zero-order valence-electron chi connectivity index (χ0n) is 17.2. The van der Waals surface area contributed by atoms with Crippen LogP contribution in [0.3, 0.4) is 0 Å². The number of carbonyl (C=O) groups is 1. The van der Waals surface area contributed by atoms with Crippen molar-refractivity contribution in [3.05, 3.63) is 71.8 Å². The molecular weight excluding hydrogens is 383 g/mol. The molecule has 2 atom stereocenters. The lowest BCUT2D eigenvalue weighted by Crippen LogP contribution is -2.47. The average Bonchev–Trinajstić information content (AvgIpc) is 3.28. The van der Waals surface area contributed by atoms with Crippen LogP contribution in [-0.2, 0) is 0 Å². The highest BCUT2D eigenvalue weighted by Crippen LogP contribution is 2.27. The fourth-order valence-electron chi connectivity index (χ4n) is 3.86. The van der Waals surface area contributed by atoms with Crippen molar-refractivity contribution >= 4 is 5.91 Å². The maximum absolute atomic E-state index is 13.8. The fraction of sp³-hybridized carbons (Fsp3) is 0.348. The van der Waals surface area contributed by atoms with Crippen LogP contribution in [0.5, 0.6) is 5.75 Å². The van der Waals surface area contributed by atoms with Crippen LogP contribution in [0.15, 0.2) is 54.9 Å². The Morgan fingerprint density at radius 3 is 2.70 bits per heavy atom. The number of hydrogen-bond donors (Lipinski definition) is 0. The minimum atomic E-state index is -0.370. The summed E-state index contributed by atoms with van der Waals surface area (Å²) in [6.45, 7) is 4.96. The van der Waals surface area contributed by atoms with E-state index in [0.717, 1.165) is 18.4 Å². The fourth-order valence-corrected chi connectivity index (χ4v) is 3.86. The third-order valence-corrected chi connectivity index (χ3v) is 5.57. The molecule has 0 bridgehead atoms. The van der Waals surface area contributed by atoms with Crippen molar-refractivity contribution in [1.82, 2.24) is 19.9 Å². The second kappa shape index (κ2) is 8.65. The van der Waals surface area contributed by atoms with Crippen molar-refractivity contribution in [2.24, 2.45) is 5.92 Å². The zero-order chi connectivity index (χ0) is 21.1. The average molecular weight is 408 g/mol. The molecule has 1 fully saturated rings. The number of likely N-dealkylation sites (tertiary alicyclic amines) is 1. The minimum absolute atomic E-state index is 0.0471. The molecule has 0 N–H and O–H groups in total. The predicted octanol–water partition coefficient (Wildman–Crippen LogP) is 4.03. The zero-order valence-corrected chi connectivity index (χ0v) is 17.2. The molecule has 2 unspecified atom stereocenters. The SMILES string of the molecule is Cc1ccc(-n2nccn2)c(C(=O)N2CC(COc3ccccc3F)CCC2C)c1. The molecule has 2 heterocycles. The summed E-state index contributed by atoms with van der Waals surface area (Å²) in [5, 5.41) is 8.38.